The number of hydrogen-bond acceptors (Lipinski definition) is 5. The normalized spacial score (nSPS) is 11.4. The number of rotatable bonds is 9. The molecule has 0 bridgehead atoms. The first kappa shape index (κ1) is 21.6. The van der Waals surface area contributed by atoms with Crippen molar-refractivity contribution in [3.05, 3.63) is 102 Å². The van der Waals surface area contributed by atoms with E-state index in [1.807, 2.05) is 36.4 Å². The number of imidazole rings is 1. The van der Waals surface area contributed by atoms with Gasteiger partial charge in [0.05, 0.1) is 6.42 Å². The number of nitrogens with one attached hydrogen (secondary N) is 3. The number of H-pyrrole nitrogens is 1. The van der Waals surface area contributed by atoms with Crippen molar-refractivity contribution >= 4 is 29.2 Å². The third kappa shape index (κ3) is 5.98. The average Bonchev–Trinajstić information content (AvgIpc) is 3.32. The van der Waals surface area contributed by atoms with Crippen LogP contribution in [0.4, 0.5) is 17.3 Å². The largest absolute Gasteiger partial charge is 0.485 e. The molecule has 0 aliphatic rings. The average molecular weight is 442 g/mol. The van der Waals surface area contributed by atoms with Crippen molar-refractivity contribution in [2.45, 2.75) is 12.5 Å². The van der Waals surface area contributed by atoms with E-state index in [1.165, 1.54) is 0 Å². The second kappa shape index (κ2) is 10.1. The van der Waals surface area contributed by atoms with Crippen LogP contribution in [0.25, 0.3) is 0 Å². The molecule has 0 aliphatic carbocycles. The number of carbonyl (C=O) groups is 2. The molecule has 1 atom stereocenters. The zero-order valence-corrected chi connectivity index (χ0v) is 17.6. The van der Waals surface area contributed by atoms with Crippen LogP contribution < -0.4 is 15.4 Å². The van der Waals surface area contributed by atoms with E-state index in [2.05, 4.69) is 20.6 Å². The summed E-state index contributed by atoms with van der Waals surface area (Å²) in [4.78, 5) is 31.2. The van der Waals surface area contributed by atoms with Crippen LogP contribution in [-0.2, 0) is 4.79 Å². The first-order valence-corrected chi connectivity index (χ1v) is 10.3. The quantitative estimate of drug-likeness (QED) is 0.290. The number of aromatic nitrogens is 2. The van der Waals surface area contributed by atoms with Gasteiger partial charge in [0.2, 0.25) is 5.95 Å². The number of benzene rings is 3. The summed E-state index contributed by atoms with van der Waals surface area (Å²) in [5.41, 5.74) is 2.47. The molecule has 0 radical (unpaired) electrons. The summed E-state index contributed by atoms with van der Waals surface area (Å²) < 4.78 is 5.96. The Morgan fingerprint density at radius 2 is 1.76 bits per heavy atom. The van der Waals surface area contributed by atoms with Crippen LogP contribution in [0.1, 0.15) is 28.4 Å². The lowest BCUT2D eigenvalue weighted by molar-refractivity contribution is -0.138. The Labute approximate surface area is 190 Å². The highest BCUT2D eigenvalue weighted by molar-refractivity contribution is 6.04. The lowest BCUT2D eigenvalue weighted by Crippen LogP contribution is -2.14. The minimum absolute atomic E-state index is 0.184. The molecule has 1 heterocycles. The number of carboxylic acid groups (broad SMARTS) is 1. The number of hydrogen-bond donors (Lipinski definition) is 4. The second-order valence-electron chi connectivity index (χ2n) is 7.24. The smallest absolute Gasteiger partial charge is 0.307 e. The number of nitrogens with zero attached hydrogens (tertiary/aromatic N) is 1. The molecule has 0 aliphatic heterocycles. The molecule has 0 saturated carbocycles. The van der Waals surface area contributed by atoms with Crippen molar-refractivity contribution in [3.8, 4) is 5.75 Å². The molecule has 0 saturated heterocycles. The Hall–Kier alpha value is -4.59. The summed E-state index contributed by atoms with van der Waals surface area (Å²) in [6.45, 7) is 0. The van der Waals surface area contributed by atoms with Gasteiger partial charge in [-0.05, 0) is 35.9 Å². The fourth-order valence-electron chi connectivity index (χ4n) is 3.28. The molecule has 1 amide bonds. The number of aliphatic carboxylic acids is 1. The Kier molecular flexibility index (Phi) is 6.65. The summed E-state index contributed by atoms with van der Waals surface area (Å²) in [6, 6.07) is 23.1. The summed E-state index contributed by atoms with van der Waals surface area (Å²) in [6.07, 6.45) is 2.49. The first-order chi connectivity index (χ1) is 16.1. The number of amides is 1. The molecule has 4 aromatic rings. The van der Waals surface area contributed by atoms with E-state index < -0.39 is 12.1 Å². The van der Waals surface area contributed by atoms with Gasteiger partial charge in [-0.25, -0.2) is 4.98 Å². The van der Waals surface area contributed by atoms with E-state index in [9.17, 15) is 14.7 Å². The van der Waals surface area contributed by atoms with Crippen molar-refractivity contribution < 1.29 is 19.4 Å². The molecule has 0 spiro atoms. The Morgan fingerprint density at radius 1 is 0.970 bits per heavy atom. The van der Waals surface area contributed by atoms with Gasteiger partial charge in [0.25, 0.3) is 5.91 Å². The van der Waals surface area contributed by atoms with Gasteiger partial charge in [-0.2, -0.15) is 0 Å². The minimum atomic E-state index is -0.962. The third-order valence-corrected chi connectivity index (χ3v) is 4.79. The number of anilines is 3. The highest BCUT2D eigenvalue weighted by Gasteiger charge is 2.18. The monoisotopic (exact) mass is 442 g/mol. The van der Waals surface area contributed by atoms with Gasteiger partial charge in [0.15, 0.2) is 0 Å². The van der Waals surface area contributed by atoms with Gasteiger partial charge in [-0.1, -0.05) is 42.5 Å². The number of ether oxygens (including phenoxy) is 1. The Bertz CT molecular complexity index is 1230. The predicted molar refractivity (Wildman–Crippen MR) is 125 cm³/mol. The van der Waals surface area contributed by atoms with Crippen molar-refractivity contribution in [3.63, 3.8) is 0 Å². The van der Waals surface area contributed by atoms with E-state index in [0.29, 0.717) is 28.6 Å². The molecule has 33 heavy (non-hydrogen) atoms. The molecule has 166 valence electrons. The van der Waals surface area contributed by atoms with Gasteiger partial charge in [0.1, 0.15) is 11.9 Å². The maximum Gasteiger partial charge on any atom is 0.307 e. The number of carbonyl (C=O) groups excluding carboxylic acids is 1. The van der Waals surface area contributed by atoms with Crippen LogP contribution in [-0.4, -0.2) is 27.0 Å². The summed E-state index contributed by atoms with van der Waals surface area (Å²) in [5, 5.41) is 15.2. The molecule has 3 aromatic carbocycles. The van der Waals surface area contributed by atoms with Gasteiger partial charge < -0.3 is 25.5 Å². The van der Waals surface area contributed by atoms with Crippen molar-refractivity contribution in [1.29, 1.82) is 0 Å². The maximum atomic E-state index is 12.8. The minimum Gasteiger partial charge on any atom is -0.485 e. The van der Waals surface area contributed by atoms with Gasteiger partial charge in [-0.15, -0.1) is 0 Å². The molecule has 1 aromatic heterocycles. The molecular weight excluding hydrogens is 420 g/mol. The van der Waals surface area contributed by atoms with E-state index in [4.69, 9.17) is 4.74 Å². The van der Waals surface area contributed by atoms with E-state index in [0.717, 1.165) is 5.56 Å². The number of aromatic amines is 1. The Morgan fingerprint density at radius 3 is 2.52 bits per heavy atom. The molecule has 0 fully saturated rings. The van der Waals surface area contributed by atoms with Crippen LogP contribution >= 0.6 is 0 Å². The molecule has 4 N–H and O–H groups in total. The summed E-state index contributed by atoms with van der Waals surface area (Å²) in [5.74, 6) is -0.223. The highest BCUT2D eigenvalue weighted by atomic mass is 16.5. The van der Waals surface area contributed by atoms with Gasteiger partial charge >= 0.3 is 5.97 Å². The maximum absolute atomic E-state index is 12.8. The van der Waals surface area contributed by atoms with Gasteiger partial charge in [-0.3, -0.25) is 9.59 Å². The lowest BCUT2D eigenvalue weighted by Gasteiger charge is -2.18. The first-order valence-electron chi connectivity index (χ1n) is 10.3. The fourth-order valence-corrected chi connectivity index (χ4v) is 3.28. The lowest BCUT2D eigenvalue weighted by atomic mass is 10.1. The van der Waals surface area contributed by atoms with E-state index in [-0.39, 0.29) is 12.3 Å². The zero-order valence-electron chi connectivity index (χ0n) is 17.6. The molecule has 1 unspecified atom stereocenters. The third-order valence-electron chi connectivity index (χ3n) is 4.79. The van der Waals surface area contributed by atoms with Gasteiger partial charge in [0, 0.05) is 35.4 Å². The van der Waals surface area contributed by atoms with Crippen LogP contribution in [0, 0.1) is 0 Å². The topological polar surface area (TPSA) is 116 Å². The van der Waals surface area contributed by atoms with Crippen LogP contribution in [0.2, 0.25) is 0 Å². The highest BCUT2D eigenvalue weighted by Crippen LogP contribution is 2.27. The Balaban J connectivity index is 1.46. The van der Waals surface area contributed by atoms with Crippen molar-refractivity contribution in [1.82, 2.24) is 9.97 Å². The molecule has 8 nitrogen and oxygen atoms in total. The van der Waals surface area contributed by atoms with Crippen LogP contribution in [0.3, 0.4) is 0 Å². The van der Waals surface area contributed by atoms with E-state index >= 15 is 0 Å². The molecule has 8 heteroatoms. The van der Waals surface area contributed by atoms with Crippen molar-refractivity contribution in [2.75, 3.05) is 10.6 Å². The standard InChI is InChI=1S/C25H22N4O4/c30-23(31)16-22(17-6-2-1-3-7-17)33-21-11-5-10-20(15-21)28-24(32)18-8-4-9-19(14-18)29-25-26-12-13-27-25/h1-15,22H,16H2,(H,28,32)(H,30,31)(H2,26,27,29). The van der Waals surface area contributed by atoms with Crippen molar-refractivity contribution in [2.24, 2.45) is 0 Å². The van der Waals surface area contributed by atoms with Crippen LogP contribution in [0.5, 0.6) is 5.75 Å². The molecular formula is C25H22N4O4. The van der Waals surface area contributed by atoms with E-state index in [1.54, 1.807) is 54.9 Å². The SMILES string of the molecule is O=C(O)CC(Oc1cccc(NC(=O)c2cccc(Nc3ncc[nH]3)c2)c1)c1ccccc1. The zero-order chi connectivity index (χ0) is 23.0. The fraction of sp³-hybridized carbons (Fsp3) is 0.0800. The van der Waals surface area contributed by atoms with Crippen LogP contribution in [0.15, 0.2) is 91.3 Å². The molecule has 4 rings (SSSR count). The summed E-state index contributed by atoms with van der Waals surface area (Å²) >= 11 is 0. The number of carboxylic acids is 1. The summed E-state index contributed by atoms with van der Waals surface area (Å²) in [7, 11) is 0. The second-order valence-corrected chi connectivity index (χ2v) is 7.24. The predicted octanol–water partition coefficient (Wildman–Crippen LogP) is 5.00.